The molecule has 1 aromatic heterocycles. The number of nitrogens with one attached hydrogen (secondary N) is 1. The van der Waals surface area contributed by atoms with Gasteiger partial charge in [-0.1, -0.05) is 23.8 Å². The summed E-state index contributed by atoms with van der Waals surface area (Å²) in [6.07, 6.45) is 1.40. The van der Waals surface area contributed by atoms with Crippen molar-refractivity contribution in [3.63, 3.8) is 0 Å². The number of hydrogen-bond donors (Lipinski definition) is 2. The van der Waals surface area contributed by atoms with Crippen molar-refractivity contribution >= 4 is 28.4 Å². The zero-order valence-corrected chi connectivity index (χ0v) is 16.3. The van der Waals surface area contributed by atoms with Crippen molar-refractivity contribution in [2.75, 3.05) is 12.5 Å². The van der Waals surface area contributed by atoms with Crippen LogP contribution < -0.4 is 10.2 Å². The van der Waals surface area contributed by atoms with Crippen molar-refractivity contribution in [3.05, 3.63) is 62.5 Å². The molecule has 0 bridgehead atoms. The van der Waals surface area contributed by atoms with Gasteiger partial charge in [-0.3, -0.25) is 15.5 Å². The first-order valence-corrected chi connectivity index (χ1v) is 9.14. The molecule has 0 atom stereocenters. The predicted molar refractivity (Wildman–Crippen MR) is 110 cm³/mol. The summed E-state index contributed by atoms with van der Waals surface area (Å²) >= 11 is 1.40. The van der Waals surface area contributed by atoms with Gasteiger partial charge in [-0.2, -0.15) is 5.10 Å². The molecule has 0 radical (unpaired) electrons. The highest BCUT2D eigenvalue weighted by Gasteiger charge is 2.19. The second-order valence-electron chi connectivity index (χ2n) is 6.07. The second kappa shape index (κ2) is 8.05. The Bertz CT molecular complexity index is 1060. The van der Waals surface area contributed by atoms with Gasteiger partial charge < -0.3 is 9.84 Å². The molecular weight excluding hydrogens is 380 g/mol. The SMILES string of the molecule is COc1cc(/C=N\Nc2nc(-c3ccc(C)cc3C)cs2)cc([N+](=O)[O-])c1O. The Labute approximate surface area is 165 Å². The normalized spacial score (nSPS) is 11.0. The number of benzene rings is 2. The monoisotopic (exact) mass is 398 g/mol. The van der Waals surface area contributed by atoms with Crippen LogP contribution in [0.15, 0.2) is 40.8 Å². The maximum atomic E-state index is 11.0. The zero-order chi connectivity index (χ0) is 20.3. The van der Waals surface area contributed by atoms with Gasteiger partial charge in [-0.15, -0.1) is 11.3 Å². The molecule has 0 aliphatic carbocycles. The molecule has 1 heterocycles. The summed E-state index contributed by atoms with van der Waals surface area (Å²) in [4.78, 5) is 14.9. The number of hydrazone groups is 1. The Hall–Kier alpha value is -3.46. The van der Waals surface area contributed by atoms with E-state index >= 15 is 0 Å². The quantitative estimate of drug-likeness (QED) is 0.359. The van der Waals surface area contributed by atoms with Gasteiger partial charge in [0.1, 0.15) is 0 Å². The topological polar surface area (TPSA) is 110 Å². The third-order valence-corrected chi connectivity index (χ3v) is 4.78. The maximum Gasteiger partial charge on any atom is 0.315 e. The van der Waals surface area contributed by atoms with E-state index in [0.717, 1.165) is 16.8 Å². The molecule has 0 unspecified atom stereocenters. The Morgan fingerprint density at radius 1 is 1.32 bits per heavy atom. The molecule has 2 N–H and O–H groups in total. The number of methoxy groups -OCH3 is 1. The lowest BCUT2D eigenvalue weighted by Crippen LogP contribution is -1.96. The van der Waals surface area contributed by atoms with E-state index < -0.39 is 16.4 Å². The number of phenolic OH excluding ortho intramolecular Hbond substituents is 1. The predicted octanol–water partition coefficient (Wildman–Crippen LogP) is 4.50. The molecular formula is C19H18N4O4S. The minimum absolute atomic E-state index is 0.00188. The molecule has 3 rings (SSSR count). The standard InChI is InChI=1S/C19H18N4O4S/c1-11-4-5-14(12(2)6-11)15-10-28-19(21-15)22-20-9-13-7-16(23(25)26)18(24)17(8-13)27-3/h4-10,24H,1-3H3,(H,21,22)/b20-9-. The molecule has 3 aromatic rings. The lowest BCUT2D eigenvalue weighted by atomic mass is 10.0. The first-order chi connectivity index (χ1) is 13.4. The number of aryl methyl sites for hydroxylation is 2. The lowest BCUT2D eigenvalue weighted by molar-refractivity contribution is -0.386. The molecule has 0 aliphatic heterocycles. The molecule has 144 valence electrons. The molecule has 0 saturated heterocycles. The first-order valence-electron chi connectivity index (χ1n) is 8.26. The molecule has 0 fully saturated rings. The Morgan fingerprint density at radius 2 is 2.11 bits per heavy atom. The van der Waals surface area contributed by atoms with E-state index in [0.29, 0.717) is 10.7 Å². The van der Waals surface area contributed by atoms with Crippen LogP contribution >= 0.6 is 11.3 Å². The van der Waals surface area contributed by atoms with Crippen LogP contribution in [0.5, 0.6) is 11.5 Å². The van der Waals surface area contributed by atoms with Gasteiger partial charge in [-0.05, 0) is 25.5 Å². The van der Waals surface area contributed by atoms with E-state index in [2.05, 4.69) is 21.6 Å². The molecule has 28 heavy (non-hydrogen) atoms. The Balaban J connectivity index is 1.78. The van der Waals surface area contributed by atoms with Crippen LogP contribution in [0.2, 0.25) is 0 Å². The maximum absolute atomic E-state index is 11.0. The Morgan fingerprint density at radius 3 is 2.79 bits per heavy atom. The number of hydrogen-bond acceptors (Lipinski definition) is 8. The smallest absolute Gasteiger partial charge is 0.315 e. The molecule has 0 amide bonds. The number of nitrogens with zero attached hydrogens (tertiary/aromatic N) is 3. The highest BCUT2D eigenvalue weighted by Crippen LogP contribution is 2.36. The fourth-order valence-electron chi connectivity index (χ4n) is 2.69. The number of anilines is 1. The van der Waals surface area contributed by atoms with Crippen molar-refractivity contribution in [3.8, 4) is 22.8 Å². The largest absolute Gasteiger partial charge is 0.500 e. The number of ether oxygens (including phenoxy) is 1. The number of nitro groups is 1. The number of aromatic hydroxyl groups is 1. The highest BCUT2D eigenvalue weighted by molar-refractivity contribution is 7.14. The van der Waals surface area contributed by atoms with Gasteiger partial charge in [0.2, 0.25) is 10.9 Å². The summed E-state index contributed by atoms with van der Waals surface area (Å²) in [5, 5.41) is 27.4. The van der Waals surface area contributed by atoms with Crippen LogP contribution in [0.1, 0.15) is 16.7 Å². The van der Waals surface area contributed by atoms with Crippen molar-refractivity contribution in [2.24, 2.45) is 5.10 Å². The van der Waals surface area contributed by atoms with Crippen molar-refractivity contribution in [1.29, 1.82) is 0 Å². The third-order valence-electron chi connectivity index (χ3n) is 4.03. The number of nitro benzene ring substituents is 1. The molecule has 2 aromatic carbocycles. The summed E-state index contributed by atoms with van der Waals surface area (Å²) < 4.78 is 4.97. The minimum Gasteiger partial charge on any atom is -0.500 e. The number of thiazole rings is 1. The molecule has 0 spiro atoms. The minimum atomic E-state index is -0.681. The number of phenols is 1. The van der Waals surface area contributed by atoms with Gasteiger partial charge >= 0.3 is 5.69 Å². The van der Waals surface area contributed by atoms with Crippen LogP contribution in [0.25, 0.3) is 11.3 Å². The van der Waals surface area contributed by atoms with Gasteiger partial charge in [0, 0.05) is 22.6 Å². The van der Waals surface area contributed by atoms with E-state index in [1.165, 1.54) is 42.4 Å². The summed E-state index contributed by atoms with van der Waals surface area (Å²) in [6.45, 7) is 4.08. The van der Waals surface area contributed by atoms with Crippen molar-refractivity contribution < 1.29 is 14.8 Å². The van der Waals surface area contributed by atoms with Crippen LogP contribution in [0, 0.1) is 24.0 Å². The molecule has 8 nitrogen and oxygen atoms in total. The summed E-state index contributed by atoms with van der Waals surface area (Å²) in [6, 6.07) is 8.85. The van der Waals surface area contributed by atoms with Crippen LogP contribution in [-0.4, -0.2) is 28.3 Å². The van der Waals surface area contributed by atoms with E-state index in [1.54, 1.807) is 0 Å². The number of rotatable bonds is 6. The Kier molecular flexibility index (Phi) is 5.55. The van der Waals surface area contributed by atoms with E-state index in [4.69, 9.17) is 4.74 Å². The fourth-order valence-corrected chi connectivity index (χ4v) is 3.35. The summed E-state index contributed by atoms with van der Waals surface area (Å²) in [5.74, 6) is -0.516. The molecule has 0 saturated carbocycles. The fraction of sp³-hybridized carbons (Fsp3) is 0.158. The van der Waals surface area contributed by atoms with Gasteiger partial charge in [-0.25, -0.2) is 4.98 Å². The van der Waals surface area contributed by atoms with Crippen molar-refractivity contribution in [2.45, 2.75) is 13.8 Å². The van der Waals surface area contributed by atoms with E-state index in [9.17, 15) is 15.2 Å². The van der Waals surface area contributed by atoms with Crippen LogP contribution in [-0.2, 0) is 0 Å². The van der Waals surface area contributed by atoms with Crippen LogP contribution in [0.4, 0.5) is 10.8 Å². The first kappa shape index (κ1) is 19.3. The highest BCUT2D eigenvalue weighted by atomic mass is 32.1. The molecule has 9 heteroatoms. The molecule has 0 aliphatic rings. The van der Waals surface area contributed by atoms with E-state index in [1.807, 2.05) is 31.4 Å². The van der Waals surface area contributed by atoms with Crippen molar-refractivity contribution in [1.82, 2.24) is 4.98 Å². The summed E-state index contributed by atoms with van der Waals surface area (Å²) in [7, 11) is 1.32. The average molecular weight is 398 g/mol. The average Bonchev–Trinajstić information content (AvgIpc) is 3.11. The van der Waals surface area contributed by atoms with Gasteiger partial charge in [0.05, 0.1) is 23.9 Å². The zero-order valence-electron chi connectivity index (χ0n) is 15.5. The van der Waals surface area contributed by atoms with Gasteiger partial charge in [0.15, 0.2) is 5.75 Å². The number of aromatic nitrogens is 1. The van der Waals surface area contributed by atoms with E-state index in [-0.39, 0.29) is 5.75 Å². The second-order valence-corrected chi connectivity index (χ2v) is 6.93. The van der Waals surface area contributed by atoms with Crippen LogP contribution in [0.3, 0.4) is 0 Å². The summed E-state index contributed by atoms with van der Waals surface area (Å²) in [5.41, 5.74) is 7.01. The third kappa shape index (κ3) is 4.09. The lowest BCUT2D eigenvalue weighted by Gasteiger charge is -2.05. The van der Waals surface area contributed by atoms with Gasteiger partial charge in [0.25, 0.3) is 0 Å².